The highest BCUT2D eigenvalue weighted by molar-refractivity contribution is 5.83. The Balaban J connectivity index is 1.37. The zero-order chi connectivity index (χ0) is 21.7. The van der Waals surface area contributed by atoms with Gasteiger partial charge in [-0.25, -0.2) is 0 Å². The first-order chi connectivity index (χ1) is 15.0. The van der Waals surface area contributed by atoms with Crippen molar-refractivity contribution >= 4 is 22.6 Å². The molecule has 1 heterocycles. The third kappa shape index (κ3) is 5.32. The van der Waals surface area contributed by atoms with Crippen molar-refractivity contribution in [3.8, 4) is 0 Å². The fourth-order valence-corrected chi connectivity index (χ4v) is 4.53. The molecule has 4 heteroatoms. The molecule has 2 atom stereocenters. The Morgan fingerprint density at radius 2 is 1.77 bits per heavy atom. The number of nitrogens with one attached hydrogen (secondary N) is 2. The third-order valence-electron chi connectivity index (χ3n) is 6.40. The Labute approximate surface area is 184 Å². The van der Waals surface area contributed by atoms with Crippen LogP contribution in [-0.4, -0.2) is 23.9 Å². The van der Waals surface area contributed by atoms with E-state index in [1.807, 2.05) is 30.3 Å². The summed E-state index contributed by atoms with van der Waals surface area (Å²) >= 11 is 0. The first-order valence-electron chi connectivity index (χ1n) is 11.1. The Hall–Kier alpha value is -3.14. The standard InChI is InChI=1S/C27H30N2O2/c1-20(22-7-3-2-4-8-22)19-28-25(30)13-15-27(16-14-26(31)29-27)18-21-11-12-23-9-5-6-10-24(23)17-21/h2-12,17,20H,13-16,18-19H2,1H3,(H,28,30)(H,29,31)/t20-,27+/m1/s1. The topological polar surface area (TPSA) is 58.2 Å². The van der Waals surface area contributed by atoms with E-state index in [0.717, 1.165) is 12.8 Å². The molecule has 2 amide bonds. The van der Waals surface area contributed by atoms with Gasteiger partial charge in [-0.05, 0) is 47.1 Å². The number of hydrogen-bond acceptors (Lipinski definition) is 2. The van der Waals surface area contributed by atoms with Crippen molar-refractivity contribution in [2.45, 2.75) is 50.5 Å². The molecule has 1 fully saturated rings. The predicted molar refractivity (Wildman–Crippen MR) is 125 cm³/mol. The van der Waals surface area contributed by atoms with Crippen molar-refractivity contribution in [1.82, 2.24) is 10.6 Å². The van der Waals surface area contributed by atoms with Gasteiger partial charge in [0, 0.05) is 24.9 Å². The average Bonchev–Trinajstić information content (AvgIpc) is 3.17. The predicted octanol–water partition coefficient (Wildman–Crippen LogP) is 4.73. The molecular weight excluding hydrogens is 384 g/mol. The Bertz CT molecular complexity index is 1060. The lowest BCUT2D eigenvalue weighted by molar-refractivity contribution is -0.122. The molecule has 1 saturated heterocycles. The second kappa shape index (κ2) is 9.34. The van der Waals surface area contributed by atoms with Gasteiger partial charge in [0.05, 0.1) is 0 Å². The normalized spacial score (nSPS) is 19.2. The van der Waals surface area contributed by atoms with E-state index in [1.165, 1.54) is 21.9 Å². The van der Waals surface area contributed by atoms with Gasteiger partial charge < -0.3 is 10.6 Å². The van der Waals surface area contributed by atoms with Crippen LogP contribution in [0.5, 0.6) is 0 Å². The average molecular weight is 415 g/mol. The smallest absolute Gasteiger partial charge is 0.220 e. The van der Waals surface area contributed by atoms with Crippen LogP contribution in [0.4, 0.5) is 0 Å². The van der Waals surface area contributed by atoms with Crippen LogP contribution in [0.15, 0.2) is 72.8 Å². The van der Waals surface area contributed by atoms with Gasteiger partial charge in [-0.15, -0.1) is 0 Å². The summed E-state index contributed by atoms with van der Waals surface area (Å²) in [5.74, 6) is 0.392. The summed E-state index contributed by atoms with van der Waals surface area (Å²) in [5.41, 5.74) is 2.07. The molecule has 1 aliphatic heterocycles. The first-order valence-corrected chi connectivity index (χ1v) is 11.1. The van der Waals surface area contributed by atoms with Crippen molar-refractivity contribution in [2.24, 2.45) is 0 Å². The van der Waals surface area contributed by atoms with Crippen molar-refractivity contribution < 1.29 is 9.59 Å². The quantitative estimate of drug-likeness (QED) is 0.560. The van der Waals surface area contributed by atoms with Crippen LogP contribution in [0.3, 0.4) is 0 Å². The van der Waals surface area contributed by atoms with Crippen molar-refractivity contribution in [1.29, 1.82) is 0 Å². The summed E-state index contributed by atoms with van der Waals surface area (Å²) in [7, 11) is 0. The van der Waals surface area contributed by atoms with Crippen LogP contribution in [0.2, 0.25) is 0 Å². The lowest BCUT2D eigenvalue weighted by Crippen LogP contribution is -2.44. The molecule has 0 saturated carbocycles. The van der Waals surface area contributed by atoms with Crippen LogP contribution >= 0.6 is 0 Å². The summed E-state index contributed by atoms with van der Waals surface area (Å²) < 4.78 is 0. The van der Waals surface area contributed by atoms with Gasteiger partial charge in [0.15, 0.2) is 0 Å². The van der Waals surface area contributed by atoms with Crippen LogP contribution < -0.4 is 10.6 Å². The van der Waals surface area contributed by atoms with Gasteiger partial charge in [-0.3, -0.25) is 9.59 Å². The molecule has 4 nitrogen and oxygen atoms in total. The van der Waals surface area contributed by atoms with Crippen LogP contribution in [-0.2, 0) is 16.0 Å². The summed E-state index contributed by atoms with van der Waals surface area (Å²) in [6.07, 6.45) is 3.11. The second-order valence-electron chi connectivity index (χ2n) is 8.80. The fourth-order valence-electron chi connectivity index (χ4n) is 4.53. The Morgan fingerprint density at radius 3 is 2.52 bits per heavy atom. The lowest BCUT2D eigenvalue weighted by atomic mass is 9.84. The van der Waals surface area contributed by atoms with Crippen LogP contribution in [0.1, 0.15) is 49.7 Å². The maximum atomic E-state index is 12.6. The number of benzene rings is 3. The monoisotopic (exact) mass is 414 g/mol. The molecule has 3 aromatic rings. The molecule has 4 rings (SSSR count). The molecule has 160 valence electrons. The third-order valence-corrected chi connectivity index (χ3v) is 6.40. The zero-order valence-corrected chi connectivity index (χ0v) is 18.1. The molecule has 0 spiro atoms. The zero-order valence-electron chi connectivity index (χ0n) is 18.1. The maximum absolute atomic E-state index is 12.6. The van der Waals surface area contributed by atoms with E-state index in [1.54, 1.807) is 0 Å². The highest BCUT2D eigenvalue weighted by Crippen LogP contribution is 2.30. The fraction of sp³-hybridized carbons (Fsp3) is 0.333. The number of hydrogen-bond donors (Lipinski definition) is 2. The molecule has 0 unspecified atom stereocenters. The molecule has 3 aromatic carbocycles. The maximum Gasteiger partial charge on any atom is 0.220 e. The van der Waals surface area contributed by atoms with E-state index in [4.69, 9.17) is 0 Å². The Morgan fingerprint density at radius 1 is 1.03 bits per heavy atom. The molecule has 0 bridgehead atoms. The van der Waals surface area contributed by atoms with Crippen LogP contribution in [0.25, 0.3) is 10.8 Å². The van der Waals surface area contributed by atoms with E-state index in [2.05, 4.69) is 60.0 Å². The van der Waals surface area contributed by atoms with Crippen molar-refractivity contribution in [3.63, 3.8) is 0 Å². The number of amides is 2. The summed E-state index contributed by atoms with van der Waals surface area (Å²) in [5, 5.41) is 8.67. The molecule has 0 aromatic heterocycles. The number of rotatable bonds is 8. The van der Waals surface area contributed by atoms with Gasteiger partial charge in [0.1, 0.15) is 0 Å². The Kier molecular flexibility index (Phi) is 6.36. The van der Waals surface area contributed by atoms with Gasteiger partial charge in [0.25, 0.3) is 0 Å². The van der Waals surface area contributed by atoms with Crippen molar-refractivity contribution in [2.75, 3.05) is 6.54 Å². The molecular formula is C27H30N2O2. The highest BCUT2D eigenvalue weighted by Gasteiger charge is 2.37. The minimum absolute atomic E-state index is 0.0433. The summed E-state index contributed by atoms with van der Waals surface area (Å²) in [6.45, 7) is 2.74. The number of carbonyl (C=O) groups is 2. The van der Waals surface area contributed by atoms with E-state index in [9.17, 15) is 9.59 Å². The van der Waals surface area contributed by atoms with Gasteiger partial charge in [-0.1, -0.05) is 79.7 Å². The summed E-state index contributed by atoms with van der Waals surface area (Å²) in [4.78, 5) is 24.6. The minimum atomic E-state index is -0.345. The van der Waals surface area contributed by atoms with Gasteiger partial charge in [-0.2, -0.15) is 0 Å². The lowest BCUT2D eigenvalue weighted by Gasteiger charge is -2.29. The SMILES string of the molecule is C[C@H](CNC(=O)CC[C@@]1(Cc2ccc3ccccc3c2)CCC(=O)N1)c1ccccc1. The van der Waals surface area contributed by atoms with Crippen LogP contribution in [0, 0.1) is 0 Å². The van der Waals surface area contributed by atoms with Crippen molar-refractivity contribution in [3.05, 3.63) is 83.9 Å². The first kappa shape index (κ1) is 21.1. The molecule has 2 N–H and O–H groups in total. The highest BCUT2D eigenvalue weighted by atomic mass is 16.2. The van der Waals surface area contributed by atoms with E-state index < -0.39 is 0 Å². The summed E-state index contributed by atoms with van der Waals surface area (Å²) in [6, 6.07) is 25.0. The molecule has 1 aliphatic rings. The molecule has 0 radical (unpaired) electrons. The number of carbonyl (C=O) groups excluding carboxylic acids is 2. The van der Waals surface area contributed by atoms with Gasteiger partial charge in [0.2, 0.25) is 11.8 Å². The largest absolute Gasteiger partial charge is 0.356 e. The van der Waals surface area contributed by atoms with Gasteiger partial charge >= 0.3 is 0 Å². The number of fused-ring (bicyclic) bond motifs is 1. The second-order valence-corrected chi connectivity index (χ2v) is 8.80. The minimum Gasteiger partial charge on any atom is -0.356 e. The van der Waals surface area contributed by atoms with E-state index >= 15 is 0 Å². The van der Waals surface area contributed by atoms with E-state index in [-0.39, 0.29) is 23.3 Å². The molecule has 0 aliphatic carbocycles. The van der Waals surface area contributed by atoms with E-state index in [0.29, 0.717) is 25.8 Å². The molecule has 31 heavy (non-hydrogen) atoms.